The van der Waals surface area contributed by atoms with Crippen molar-refractivity contribution in [3.63, 3.8) is 0 Å². The molecule has 3 aromatic rings. The van der Waals surface area contributed by atoms with Crippen LogP contribution in [0.2, 0.25) is 0 Å². The second-order valence-corrected chi connectivity index (χ2v) is 10.4. The van der Waals surface area contributed by atoms with Crippen molar-refractivity contribution in [3.8, 4) is 5.75 Å². The minimum absolute atomic E-state index is 0.129. The molecule has 6 rings (SSSR count). The summed E-state index contributed by atoms with van der Waals surface area (Å²) in [7, 11) is 0. The lowest BCUT2D eigenvalue weighted by Crippen LogP contribution is -2.55. The zero-order valence-corrected chi connectivity index (χ0v) is 20.8. The number of amides is 1. The standard InChI is InChI=1S/C27H23BrFN3O4/c28-20-14-17(9-12-23(20)36-15-16-7-10-18(29)11-8-16)24-22-6-3-13-31(22)27(25(24)32(34)35)19-4-1-2-5-21(19)30-26(27)33/h1-2,4-5,7-12,14,22,24-25H,3,6,13,15H2,(H,30,33)/t22-,24+,25-,27+/m1/s1. The summed E-state index contributed by atoms with van der Waals surface area (Å²) < 4.78 is 19.8. The number of ether oxygens (including phenoxy) is 1. The summed E-state index contributed by atoms with van der Waals surface area (Å²) in [4.78, 5) is 28.0. The first kappa shape index (κ1) is 23.1. The van der Waals surface area contributed by atoms with E-state index < -0.39 is 17.5 Å². The molecule has 184 valence electrons. The molecule has 9 heteroatoms. The van der Waals surface area contributed by atoms with Crippen LogP contribution in [0.4, 0.5) is 10.1 Å². The highest BCUT2D eigenvalue weighted by Crippen LogP contribution is 2.58. The molecule has 1 amide bonds. The summed E-state index contributed by atoms with van der Waals surface area (Å²) in [6, 6.07) is 17.7. The molecule has 7 nitrogen and oxygen atoms in total. The van der Waals surface area contributed by atoms with Crippen LogP contribution in [0.15, 0.2) is 71.2 Å². The molecule has 4 atom stereocenters. The Balaban J connectivity index is 1.37. The van der Waals surface area contributed by atoms with Gasteiger partial charge in [-0.3, -0.25) is 19.8 Å². The van der Waals surface area contributed by atoms with Crippen LogP contribution < -0.4 is 10.1 Å². The van der Waals surface area contributed by atoms with Gasteiger partial charge in [0.05, 0.1) is 10.4 Å². The molecule has 2 fully saturated rings. The molecule has 3 aliphatic rings. The van der Waals surface area contributed by atoms with Gasteiger partial charge in [0.25, 0.3) is 11.9 Å². The molecule has 2 saturated heterocycles. The van der Waals surface area contributed by atoms with E-state index in [1.165, 1.54) is 12.1 Å². The van der Waals surface area contributed by atoms with E-state index in [4.69, 9.17) is 4.74 Å². The number of para-hydroxylation sites is 1. The van der Waals surface area contributed by atoms with E-state index in [0.717, 1.165) is 24.0 Å². The molecular formula is C27H23BrFN3O4. The average Bonchev–Trinajstić information content (AvgIpc) is 3.52. The second kappa shape index (κ2) is 8.67. The van der Waals surface area contributed by atoms with E-state index in [1.807, 2.05) is 30.3 Å². The predicted octanol–water partition coefficient (Wildman–Crippen LogP) is 5.22. The lowest BCUT2D eigenvalue weighted by molar-refractivity contribution is -0.534. The molecule has 1 N–H and O–H groups in total. The van der Waals surface area contributed by atoms with Gasteiger partial charge in [-0.15, -0.1) is 0 Å². The molecule has 0 radical (unpaired) electrons. The topological polar surface area (TPSA) is 84.7 Å². The third-order valence-corrected chi connectivity index (χ3v) is 8.36. The maximum absolute atomic E-state index is 13.5. The van der Waals surface area contributed by atoms with E-state index in [-0.39, 0.29) is 29.3 Å². The van der Waals surface area contributed by atoms with Crippen LogP contribution in [0.5, 0.6) is 5.75 Å². The summed E-state index contributed by atoms with van der Waals surface area (Å²) in [5, 5.41) is 15.6. The number of hydrogen-bond donors (Lipinski definition) is 1. The highest BCUT2D eigenvalue weighted by Gasteiger charge is 2.73. The Morgan fingerprint density at radius 2 is 1.94 bits per heavy atom. The van der Waals surface area contributed by atoms with Crippen LogP contribution >= 0.6 is 15.9 Å². The Kier molecular flexibility index (Phi) is 5.57. The first-order chi connectivity index (χ1) is 17.4. The van der Waals surface area contributed by atoms with Crippen LogP contribution in [0.1, 0.15) is 35.4 Å². The number of nitro groups is 1. The monoisotopic (exact) mass is 551 g/mol. The van der Waals surface area contributed by atoms with Crippen molar-refractivity contribution in [1.82, 2.24) is 4.90 Å². The van der Waals surface area contributed by atoms with Gasteiger partial charge in [0.15, 0.2) is 5.54 Å². The SMILES string of the molecule is O=C1Nc2ccccc2[C@]12[C@H]([N+](=O)[O-])[C@@H](c1ccc(OCc3ccc(F)cc3)c(Br)c1)[C@H]1CCCN12. The third kappa shape index (κ3) is 3.37. The fourth-order valence-electron chi connectivity index (χ4n) is 6.36. The number of carbonyl (C=O) groups excluding carboxylic acids is 1. The summed E-state index contributed by atoms with van der Waals surface area (Å²) >= 11 is 3.57. The molecule has 0 aromatic heterocycles. The zero-order chi connectivity index (χ0) is 25.0. The van der Waals surface area contributed by atoms with Crippen LogP contribution in [0, 0.1) is 15.9 Å². The smallest absolute Gasteiger partial charge is 0.256 e. The van der Waals surface area contributed by atoms with Crippen LogP contribution in [-0.2, 0) is 16.9 Å². The normalized spacial score (nSPS) is 26.6. The van der Waals surface area contributed by atoms with E-state index in [9.17, 15) is 19.3 Å². The van der Waals surface area contributed by atoms with E-state index >= 15 is 0 Å². The molecule has 3 heterocycles. The van der Waals surface area contributed by atoms with Gasteiger partial charge in [-0.1, -0.05) is 36.4 Å². The average molecular weight is 552 g/mol. The van der Waals surface area contributed by atoms with Crippen molar-refractivity contribution in [2.24, 2.45) is 0 Å². The Bertz CT molecular complexity index is 1370. The molecular weight excluding hydrogens is 529 g/mol. The summed E-state index contributed by atoms with van der Waals surface area (Å²) in [5.41, 5.74) is 1.61. The molecule has 0 bridgehead atoms. The predicted molar refractivity (Wildman–Crippen MR) is 135 cm³/mol. The van der Waals surface area contributed by atoms with Gasteiger partial charge in [0.1, 0.15) is 18.2 Å². The quantitative estimate of drug-likeness (QED) is 0.347. The molecule has 3 aliphatic heterocycles. The van der Waals surface area contributed by atoms with Gasteiger partial charge in [-0.05, 0) is 70.2 Å². The minimum atomic E-state index is -1.34. The van der Waals surface area contributed by atoms with Crippen molar-refractivity contribution in [3.05, 3.63) is 104 Å². The highest BCUT2D eigenvalue weighted by molar-refractivity contribution is 9.10. The fourth-order valence-corrected chi connectivity index (χ4v) is 6.87. The molecule has 36 heavy (non-hydrogen) atoms. The Morgan fingerprint density at radius 3 is 2.69 bits per heavy atom. The molecule has 0 unspecified atom stereocenters. The van der Waals surface area contributed by atoms with E-state index in [2.05, 4.69) is 26.1 Å². The summed E-state index contributed by atoms with van der Waals surface area (Å²) in [6.07, 6.45) is 1.66. The maximum Gasteiger partial charge on any atom is 0.256 e. The van der Waals surface area contributed by atoms with Crippen molar-refractivity contribution in [1.29, 1.82) is 0 Å². The van der Waals surface area contributed by atoms with Crippen molar-refractivity contribution >= 4 is 27.5 Å². The van der Waals surface area contributed by atoms with E-state index in [0.29, 0.717) is 28.0 Å². The number of carbonyl (C=O) groups is 1. The number of nitrogens with zero attached hydrogens (tertiary/aromatic N) is 2. The number of rotatable bonds is 5. The van der Waals surface area contributed by atoms with Crippen molar-refractivity contribution in [2.75, 3.05) is 11.9 Å². The van der Waals surface area contributed by atoms with Gasteiger partial charge < -0.3 is 10.1 Å². The van der Waals surface area contributed by atoms with Gasteiger partial charge >= 0.3 is 0 Å². The number of anilines is 1. The fraction of sp³-hybridized carbons (Fsp3) is 0.296. The lowest BCUT2D eigenvalue weighted by Gasteiger charge is -2.32. The van der Waals surface area contributed by atoms with Gasteiger partial charge in [0, 0.05) is 28.8 Å². The Morgan fingerprint density at radius 1 is 1.17 bits per heavy atom. The first-order valence-electron chi connectivity index (χ1n) is 11.9. The largest absolute Gasteiger partial charge is 0.488 e. The zero-order valence-electron chi connectivity index (χ0n) is 19.2. The molecule has 0 saturated carbocycles. The van der Waals surface area contributed by atoms with E-state index in [1.54, 1.807) is 24.3 Å². The summed E-state index contributed by atoms with van der Waals surface area (Å²) in [5.74, 6) is -0.515. The number of benzene rings is 3. The number of nitrogens with one attached hydrogen (secondary N) is 1. The number of hydrogen-bond acceptors (Lipinski definition) is 5. The minimum Gasteiger partial charge on any atom is -0.488 e. The summed E-state index contributed by atoms with van der Waals surface area (Å²) in [6.45, 7) is 0.892. The Labute approximate surface area is 215 Å². The number of fused-ring (bicyclic) bond motifs is 4. The highest BCUT2D eigenvalue weighted by atomic mass is 79.9. The van der Waals surface area contributed by atoms with Crippen LogP contribution in [0.3, 0.4) is 0 Å². The molecule has 1 spiro atoms. The maximum atomic E-state index is 13.5. The van der Waals surface area contributed by atoms with Crippen LogP contribution in [0.25, 0.3) is 0 Å². The Hall–Kier alpha value is -3.30. The van der Waals surface area contributed by atoms with Gasteiger partial charge in [-0.25, -0.2) is 4.39 Å². The number of halogens is 2. The molecule has 0 aliphatic carbocycles. The first-order valence-corrected chi connectivity index (χ1v) is 12.7. The van der Waals surface area contributed by atoms with Crippen molar-refractivity contribution < 1.29 is 18.8 Å². The van der Waals surface area contributed by atoms with Gasteiger partial charge in [0.2, 0.25) is 0 Å². The van der Waals surface area contributed by atoms with Crippen LogP contribution in [-0.4, -0.2) is 34.4 Å². The van der Waals surface area contributed by atoms with Crippen molar-refractivity contribution in [2.45, 2.75) is 43.0 Å². The second-order valence-electron chi connectivity index (χ2n) is 9.53. The lowest BCUT2D eigenvalue weighted by atomic mass is 9.77. The third-order valence-electron chi connectivity index (χ3n) is 7.74. The van der Waals surface area contributed by atoms with Gasteiger partial charge in [-0.2, -0.15) is 0 Å². The molecule has 3 aromatic carbocycles.